The molecule has 0 saturated heterocycles. The summed E-state index contributed by atoms with van der Waals surface area (Å²) in [5.41, 5.74) is 0.678. The summed E-state index contributed by atoms with van der Waals surface area (Å²) in [6.07, 6.45) is 2.18. The maximum atomic E-state index is 13.4. The Hall–Kier alpha value is -1.42. The van der Waals surface area contributed by atoms with Gasteiger partial charge in [-0.05, 0) is 44.5 Å². The van der Waals surface area contributed by atoms with Crippen molar-refractivity contribution in [1.82, 2.24) is 10.6 Å². The average Bonchev–Trinajstić information content (AvgIpc) is 2.42. The van der Waals surface area contributed by atoms with E-state index in [0.29, 0.717) is 24.9 Å². The van der Waals surface area contributed by atoms with Gasteiger partial charge in [0.2, 0.25) is 5.91 Å². The van der Waals surface area contributed by atoms with Crippen molar-refractivity contribution in [3.8, 4) is 0 Å². The third kappa shape index (κ3) is 5.83. The normalized spacial score (nSPS) is 12.2. The van der Waals surface area contributed by atoms with Crippen LogP contribution in [-0.2, 0) is 11.2 Å². The Morgan fingerprint density at radius 2 is 2.05 bits per heavy atom. The zero-order valence-electron chi connectivity index (χ0n) is 11.7. The molecule has 3 nitrogen and oxygen atoms in total. The van der Waals surface area contributed by atoms with E-state index in [9.17, 15) is 9.18 Å². The van der Waals surface area contributed by atoms with Crippen LogP contribution in [0.15, 0.2) is 24.3 Å². The molecule has 0 spiro atoms. The highest BCUT2D eigenvalue weighted by molar-refractivity contribution is 5.78. The van der Waals surface area contributed by atoms with Crippen LogP contribution in [0.3, 0.4) is 0 Å². The van der Waals surface area contributed by atoms with E-state index in [1.165, 1.54) is 6.07 Å². The molecule has 4 heteroatoms. The molecule has 1 unspecified atom stereocenters. The second-order valence-electron chi connectivity index (χ2n) is 4.78. The van der Waals surface area contributed by atoms with Crippen LogP contribution >= 0.6 is 0 Å². The molecule has 0 aliphatic heterocycles. The molecule has 0 fully saturated rings. The third-order valence-electron chi connectivity index (χ3n) is 3.15. The first-order chi connectivity index (χ1) is 9.15. The molecule has 1 aromatic carbocycles. The lowest BCUT2D eigenvalue weighted by atomic mass is 10.00. The fourth-order valence-electron chi connectivity index (χ4n) is 1.86. The zero-order valence-corrected chi connectivity index (χ0v) is 11.7. The van der Waals surface area contributed by atoms with Gasteiger partial charge in [0, 0.05) is 12.5 Å². The molecule has 1 amide bonds. The molecule has 0 saturated carbocycles. The quantitative estimate of drug-likeness (QED) is 0.708. The Kier molecular flexibility index (Phi) is 7.11. The van der Waals surface area contributed by atoms with Gasteiger partial charge in [-0.3, -0.25) is 4.79 Å². The van der Waals surface area contributed by atoms with E-state index in [4.69, 9.17) is 0 Å². The number of halogens is 1. The molecule has 1 aromatic rings. The molecule has 2 N–H and O–H groups in total. The zero-order chi connectivity index (χ0) is 14.1. The van der Waals surface area contributed by atoms with Gasteiger partial charge in [0.1, 0.15) is 5.82 Å². The summed E-state index contributed by atoms with van der Waals surface area (Å²) >= 11 is 0. The molecule has 0 bridgehead atoms. The summed E-state index contributed by atoms with van der Waals surface area (Å²) in [5.74, 6) is -0.231. The highest BCUT2D eigenvalue weighted by Crippen LogP contribution is 2.13. The van der Waals surface area contributed by atoms with Crippen molar-refractivity contribution in [2.75, 3.05) is 20.1 Å². The lowest BCUT2D eigenvalue weighted by Gasteiger charge is -2.12. The molecule has 0 aromatic heterocycles. The van der Waals surface area contributed by atoms with E-state index < -0.39 is 0 Å². The van der Waals surface area contributed by atoms with Gasteiger partial charge in [-0.25, -0.2) is 4.39 Å². The van der Waals surface area contributed by atoms with Crippen molar-refractivity contribution in [1.29, 1.82) is 0 Å². The fraction of sp³-hybridized carbons (Fsp3) is 0.533. The van der Waals surface area contributed by atoms with Crippen LogP contribution in [0.5, 0.6) is 0 Å². The van der Waals surface area contributed by atoms with Crippen LogP contribution in [0, 0.1) is 11.7 Å². The summed E-state index contributed by atoms with van der Waals surface area (Å²) in [4.78, 5) is 11.8. The number of carbonyl (C=O) groups is 1. The standard InChI is InChI=1S/C15H23FN2O/c1-12(15(19)18-11-5-10-17-2)8-9-13-6-3-4-7-14(13)16/h3-4,6-7,12,17H,5,8-11H2,1-2H3,(H,18,19). The molecule has 0 radical (unpaired) electrons. The number of rotatable bonds is 8. The number of hydrogen-bond donors (Lipinski definition) is 2. The number of nitrogens with one attached hydrogen (secondary N) is 2. The first-order valence-electron chi connectivity index (χ1n) is 6.81. The number of aryl methyl sites for hydroxylation is 1. The fourth-order valence-corrected chi connectivity index (χ4v) is 1.86. The van der Waals surface area contributed by atoms with Crippen LogP contribution in [0.4, 0.5) is 4.39 Å². The van der Waals surface area contributed by atoms with E-state index in [1.54, 1.807) is 12.1 Å². The lowest BCUT2D eigenvalue weighted by Crippen LogP contribution is -2.31. The van der Waals surface area contributed by atoms with Gasteiger partial charge in [-0.15, -0.1) is 0 Å². The molecule has 19 heavy (non-hydrogen) atoms. The molecule has 106 valence electrons. The monoisotopic (exact) mass is 266 g/mol. The Morgan fingerprint density at radius 1 is 1.32 bits per heavy atom. The Balaban J connectivity index is 2.28. The van der Waals surface area contributed by atoms with Gasteiger partial charge in [0.15, 0.2) is 0 Å². The minimum atomic E-state index is -0.191. The van der Waals surface area contributed by atoms with Crippen molar-refractivity contribution in [3.63, 3.8) is 0 Å². The largest absolute Gasteiger partial charge is 0.356 e. The summed E-state index contributed by atoms with van der Waals surface area (Å²) in [6, 6.07) is 6.72. The molecular weight excluding hydrogens is 243 g/mol. The third-order valence-corrected chi connectivity index (χ3v) is 3.15. The summed E-state index contributed by atoms with van der Waals surface area (Å²) in [5, 5.41) is 5.93. The van der Waals surface area contributed by atoms with E-state index in [2.05, 4.69) is 10.6 Å². The van der Waals surface area contributed by atoms with Gasteiger partial charge < -0.3 is 10.6 Å². The Bertz CT molecular complexity index is 395. The van der Waals surface area contributed by atoms with Crippen molar-refractivity contribution >= 4 is 5.91 Å². The number of hydrogen-bond acceptors (Lipinski definition) is 2. The molecule has 0 aliphatic rings. The molecule has 1 atom stereocenters. The first-order valence-corrected chi connectivity index (χ1v) is 6.81. The molecule has 0 aliphatic carbocycles. The second-order valence-corrected chi connectivity index (χ2v) is 4.78. The Labute approximate surface area is 114 Å². The van der Waals surface area contributed by atoms with Gasteiger partial charge in [-0.2, -0.15) is 0 Å². The van der Waals surface area contributed by atoms with Crippen LogP contribution < -0.4 is 10.6 Å². The summed E-state index contributed by atoms with van der Waals surface area (Å²) in [6.45, 7) is 3.46. The summed E-state index contributed by atoms with van der Waals surface area (Å²) in [7, 11) is 1.89. The highest BCUT2D eigenvalue weighted by atomic mass is 19.1. The molecule has 0 heterocycles. The van der Waals surface area contributed by atoms with Crippen LogP contribution in [0.1, 0.15) is 25.3 Å². The van der Waals surface area contributed by atoms with Crippen LogP contribution in [-0.4, -0.2) is 26.0 Å². The van der Waals surface area contributed by atoms with Crippen molar-refractivity contribution < 1.29 is 9.18 Å². The highest BCUT2D eigenvalue weighted by Gasteiger charge is 2.13. The van der Waals surface area contributed by atoms with E-state index in [1.807, 2.05) is 20.0 Å². The Morgan fingerprint density at radius 3 is 2.74 bits per heavy atom. The predicted octanol–water partition coefficient (Wildman–Crippen LogP) is 2.12. The minimum Gasteiger partial charge on any atom is -0.356 e. The van der Waals surface area contributed by atoms with E-state index >= 15 is 0 Å². The predicted molar refractivity (Wildman–Crippen MR) is 75.4 cm³/mol. The minimum absolute atomic E-state index is 0.0486. The van der Waals surface area contributed by atoms with E-state index in [0.717, 1.165) is 13.0 Å². The first kappa shape index (κ1) is 15.6. The maximum absolute atomic E-state index is 13.4. The lowest BCUT2D eigenvalue weighted by molar-refractivity contribution is -0.124. The molecular formula is C15H23FN2O. The number of carbonyl (C=O) groups excluding carboxylic acids is 1. The molecule has 1 rings (SSSR count). The van der Waals surface area contributed by atoms with Gasteiger partial charge in [-0.1, -0.05) is 25.1 Å². The number of amides is 1. The maximum Gasteiger partial charge on any atom is 0.222 e. The topological polar surface area (TPSA) is 41.1 Å². The van der Waals surface area contributed by atoms with Gasteiger partial charge >= 0.3 is 0 Å². The van der Waals surface area contributed by atoms with Crippen molar-refractivity contribution in [2.45, 2.75) is 26.2 Å². The average molecular weight is 266 g/mol. The SMILES string of the molecule is CNCCCNC(=O)C(C)CCc1ccccc1F. The van der Waals surface area contributed by atoms with Gasteiger partial charge in [0.05, 0.1) is 0 Å². The van der Waals surface area contributed by atoms with Crippen LogP contribution in [0.2, 0.25) is 0 Å². The van der Waals surface area contributed by atoms with Crippen LogP contribution in [0.25, 0.3) is 0 Å². The summed E-state index contributed by atoms with van der Waals surface area (Å²) < 4.78 is 13.4. The van der Waals surface area contributed by atoms with Crippen molar-refractivity contribution in [3.05, 3.63) is 35.6 Å². The second kappa shape index (κ2) is 8.64. The smallest absolute Gasteiger partial charge is 0.222 e. The van der Waals surface area contributed by atoms with Gasteiger partial charge in [0.25, 0.3) is 0 Å². The number of benzene rings is 1. The van der Waals surface area contributed by atoms with Crippen molar-refractivity contribution in [2.24, 2.45) is 5.92 Å². The van der Waals surface area contributed by atoms with E-state index in [-0.39, 0.29) is 17.6 Å².